The second-order valence-corrected chi connectivity index (χ2v) is 14.3. The molecule has 0 unspecified atom stereocenters. The summed E-state index contributed by atoms with van der Waals surface area (Å²) in [5, 5.41) is 10.1. The molecular formula is C33H42N6O8S. The van der Waals surface area contributed by atoms with Crippen molar-refractivity contribution in [3.05, 3.63) is 65.5 Å². The Bertz CT molecular complexity index is 1910. The number of amides is 1. The molecule has 1 saturated heterocycles. The molecule has 0 atom stereocenters. The van der Waals surface area contributed by atoms with E-state index in [0.717, 1.165) is 43.1 Å². The average molecular weight is 683 g/mol. The topological polar surface area (TPSA) is 188 Å². The first kappa shape index (κ1) is 36.0. The standard InChI is InChI=1S/C20H22N4O4.C13H20N2O4S/c1-23-10-7-14(8-11-23)27-20-21-9-6-17(22-20)28-16-5-3-4-13-12-15(19(25)26)24(2)18(13)16;1-13(2,3)8-6-9(12(14)16)11(19-4)10(7-8)15-20(5,17)18/h3-6,9,12,14H,7-8,10-11H2,1-2H3,(H,25,26);6-7,15H,1-5H3,(H2,14,16). The van der Waals surface area contributed by atoms with E-state index in [1.165, 1.54) is 7.11 Å². The van der Waals surface area contributed by atoms with Crippen molar-refractivity contribution in [3.63, 3.8) is 0 Å². The molecule has 3 heterocycles. The fourth-order valence-corrected chi connectivity index (χ4v) is 5.76. The summed E-state index contributed by atoms with van der Waals surface area (Å²) >= 11 is 0. The molecule has 1 amide bonds. The van der Waals surface area contributed by atoms with Gasteiger partial charge in [0.2, 0.25) is 15.9 Å². The number of carbonyl (C=O) groups is 2. The van der Waals surface area contributed by atoms with Gasteiger partial charge in [0.25, 0.3) is 5.91 Å². The highest BCUT2D eigenvalue weighted by molar-refractivity contribution is 7.92. The fraction of sp³-hybridized carbons (Fsp3) is 0.394. The predicted molar refractivity (Wildman–Crippen MR) is 182 cm³/mol. The quantitative estimate of drug-likeness (QED) is 0.227. The Morgan fingerprint density at radius 3 is 2.35 bits per heavy atom. The van der Waals surface area contributed by atoms with Crippen LogP contribution in [0.5, 0.6) is 23.4 Å². The maximum absolute atomic E-state index is 11.5. The highest BCUT2D eigenvalue weighted by atomic mass is 32.2. The van der Waals surface area contributed by atoms with E-state index in [1.807, 2.05) is 32.9 Å². The lowest BCUT2D eigenvalue weighted by atomic mass is 9.85. The Morgan fingerprint density at radius 2 is 1.77 bits per heavy atom. The van der Waals surface area contributed by atoms with Gasteiger partial charge in [0.15, 0.2) is 11.5 Å². The van der Waals surface area contributed by atoms with E-state index < -0.39 is 21.9 Å². The van der Waals surface area contributed by atoms with E-state index in [0.29, 0.717) is 17.1 Å². The number of primary amides is 1. The van der Waals surface area contributed by atoms with Crippen LogP contribution in [-0.4, -0.2) is 84.4 Å². The molecule has 0 radical (unpaired) electrons. The maximum atomic E-state index is 11.5. The van der Waals surface area contributed by atoms with E-state index in [1.54, 1.807) is 48.1 Å². The molecule has 258 valence electrons. The number of nitrogens with zero attached hydrogens (tertiary/aromatic N) is 4. The summed E-state index contributed by atoms with van der Waals surface area (Å²) in [7, 11) is 1.66. The number of nitrogens with two attached hydrogens (primary N) is 1. The monoisotopic (exact) mass is 682 g/mol. The van der Waals surface area contributed by atoms with E-state index in [2.05, 4.69) is 26.6 Å². The number of sulfonamides is 1. The maximum Gasteiger partial charge on any atom is 0.352 e. The third-order valence-electron chi connectivity index (χ3n) is 7.72. The van der Waals surface area contributed by atoms with Crippen LogP contribution >= 0.6 is 0 Å². The largest absolute Gasteiger partial charge is 0.494 e. The molecule has 1 fully saturated rings. The number of carboxylic acids is 1. The number of para-hydroxylation sites is 1. The van der Waals surface area contributed by atoms with Gasteiger partial charge in [0.05, 0.1) is 30.1 Å². The molecule has 48 heavy (non-hydrogen) atoms. The predicted octanol–water partition coefficient (Wildman–Crippen LogP) is 4.39. The highest BCUT2D eigenvalue weighted by Crippen LogP contribution is 2.36. The first-order valence-electron chi connectivity index (χ1n) is 15.1. The van der Waals surface area contributed by atoms with Crippen LogP contribution < -0.4 is 24.7 Å². The van der Waals surface area contributed by atoms with Crippen molar-refractivity contribution in [3.8, 4) is 23.4 Å². The molecule has 4 aromatic rings. The fourth-order valence-electron chi connectivity index (χ4n) is 5.21. The van der Waals surface area contributed by atoms with Gasteiger partial charge in [-0.25, -0.2) is 18.2 Å². The number of rotatable bonds is 9. The lowest BCUT2D eigenvalue weighted by Crippen LogP contribution is -2.35. The number of carbonyl (C=O) groups excluding carboxylic acids is 1. The van der Waals surface area contributed by atoms with Gasteiger partial charge in [-0.1, -0.05) is 32.9 Å². The van der Waals surface area contributed by atoms with Gasteiger partial charge < -0.3 is 34.5 Å². The molecule has 5 rings (SSSR count). The Hall–Kier alpha value is -4.89. The van der Waals surface area contributed by atoms with Gasteiger partial charge in [0, 0.05) is 37.8 Å². The van der Waals surface area contributed by atoms with Crippen LogP contribution in [0.3, 0.4) is 0 Å². The molecule has 2 aromatic heterocycles. The van der Waals surface area contributed by atoms with Gasteiger partial charge in [-0.2, -0.15) is 4.98 Å². The van der Waals surface area contributed by atoms with Crippen molar-refractivity contribution in [2.45, 2.75) is 45.1 Å². The van der Waals surface area contributed by atoms with Crippen LogP contribution in [0.15, 0.2) is 48.7 Å². The van der Waals surface area contributed by atoms with Gasteiger partial charge >= 0.3 is 12.0 Å². The van der Waals surface area contributed by atoms with E-state index >= 15 is 0 Å². The second kappa shape index (κ2) is 14.5. The zero-order valence-corrected chi connectivity index (χ0v) is 28.9. The lowest BCUT2D eigenvalue weighted by Gasteiger charge is -2.28. The number of benzene rings is 2. The summed E-state index contributed by atoms with van der Waals surface area (Å²) in [6.07, 6.45) is 4.60. The van der Waals surface area contributed by atoms with Crippen LogP contribution in [0.2, 0.25) is 0 Å². The summed E-state index contributed by atoms with van der Waals surface area (Å²) in [5.41, 5.74) is 7.08. The summed E-state index contributed by atoms with van der Waals surface area (Å²) in [4.78, 5) is 33.8. The van der Waals surface area contributed by atoms with E-state index in [4.69, 9.17) is 19.9 Å². The Balaban J connectivity index is 0.000000231. The van der Waals surface area contributed by atoms with Crippen molar-refractivity contribution in [1.29, 1.82) is 0 Å². The minimum atomic E-state index is -3.50. The van der Waals surface area contributed by atoms with Gasteiger partial charge in [0.1, 0.15) is 11.8 Å². The zero-order chi connectivity index (χ0) is 35.4. The third-order valence-corrected chi connectivity index (χ3v) is 8.31. The molecule has 4 N–H and O–H groups in total. The molecule has 14 nitrogen and oxygen atoms in total. The van der Waals surface area contributed by atoms with E-state index in [-0.39, 0.29) is 40.2 Å². The molecule has 15 heteroatoms. The average Bonchev–Trinajstić information content (AvgIpc) is 3.34. The van der Waals surface area contributed by atoms with Gasteiger partial charge in [-0.15, -0.1) is 0 Å². The number of aryl methyl sites for hydroxylation is 1. The summed E-state index contributed by atoms with van der Waals surface area (Å²) in [6.45, 7) is 7.82. The number of aromatic nitrogens is 3. The number of hydrogen-bond donors (Lipinski definition) is 3. The van der Waals surface area contributed by atoms with Crippen molar-refractivity contribution >= 4 is 38.5 Å². The summed E-state index contributed by atoms with van der Waals surface area (Å²) < 4.78 is 43.8. The zero-order valence-electron chi connectivity index (χ0n) is 28.1. The normalized spacial score (nSPS) is 14.1. The molecule has 2 aromatic carbocycles. The molecule has 0 spiro atoms. The van der Waals surface area contributed by atoms with E-state index in [9.17, 15) is 23.1 Å². The number of fused-ring (bicyclic) bond motifs is 1. The van der Waals surface area contributed by atoms with Crippen LogP contribution in [0.1, 0.15) is 60.0 Å². The molecule has 1 aliphatic rings. The van der Waals surface area contributed by atoms with Crippen molar-refractivity contribution in [2.75, 3.05) is 38.2 Å². The number of ether oxygens (including phenoxy) is 3. The SMILES string of the molecule is CN1CCC(Oc2nccc(Oc3cccc4cc(C(=O)O)n(C)c34)n2)CC1.COc1c(NS(C)(=O)=O)cc(C(C)(C)C)cc1C(N)=O. The smallest absolute Gasteiger partial charge is 0.352 e. The van der Waals surface area contributed by atoms with Crippen LogP contribution in [0.25, 0.3) is 10.9 Å². The van der Waals surface area contributed by atoms with Crippen LogP contribution in [-0.2, 0) is 22.5 Å². The number of aromatic carboxylic acids is 1. The molecule has 0 aliphatic carbocycles. The summed E-state index contributed by atoms with van der Waals surface area (Å²) in [5.74, 6) is -0.666. The Kier molecular flexibility index (Phi) is 10.8. The number of methoxy groups -OCH3 is 1. The van der Waals surface area contributed by atoms with Crippen molar-refractivity contribution in [2.24, 2.45) is 12.8 Å². The number of carboxylic acid groups (broad SMARTS) is 1. The number of nitrogens with one attached hydrogen (secondary N) is 1. The number of hydrogen-bond acceptors (Lipinski definition) is 10. The first-order chi connectivity index (χ1) is 22.5. The minimum absolute atomic E-state index is 0.0980. The van der Waals surface area contributed by atoms with Crippen LogP contribution in [0.4, 0.5) is 5.69 Å². The molecule has 0 bridgehead atoms. The van der Waals surface area contributed by atoms with Gasteiger partial charge in [-0.3, -0.25) is 9.52 Å². The molecular weight excluding hydrogens is 640 g/mol. The number of piperidine rings is 1. The number of likely N-dealkylation sites (tertiary alicyclic amines) is 1. The first-order valence-corrected chi connectivity index (χ1v) is 17.0. The van der Waals surface area contributed by atoms with Crippen LogP contribution in [0, 0.1) is 0 Å². The third kappa shape index (κ3) is 8.92. The molecule has 1 aliphatic heterocycles. The van der Waals surface area contributed by atoms with Crippen molar-refractivity contribution in [1.82, 2.24) is 19.4 Å². The highest BCUT2D eigenvalue weighted by Gasteiger charge is 2.23. The second-order valence-electron chi connectivity index (χ2n) is 12.6. The summed E-state index contributed by atoms with van der Waals surface area (Å²) in [6, 6.07) is 12.3. The lowest BCUT2D eigenvalue weighted by molar-refractivity contribution is 0.0686. The Labute approximate surface area is 279 Å². The van der Waals surface area contributed by atoms with Crippen molar-refractivity contribution < 1.29 is 37.3 Å². The van der Waals surface area contributed by atoms with Gasteiger partial charge in [-0.05, 0) is 55.1 Å². The Morgan fingerprint density at radius 1 is 1.08 bits per heavy atom. The molecule has 0 saturated carbocycles. The minimum Gasteiger partial charge on any atom is -0.494 e. The number of anilines is 1.